The number of Topliss-reactive ketones (excluding diaryl/α,β-unsaturated/α-hetero) is 1. The van der Waals surface area contributed by atoms with Crippen molar-refractivity contribution in [2.45, 2.75) is 24.3 Å². The van der Waals surface area contributed by atoms with Crippen LogP contribution in [-0.2, 0) is 16.0 Å². The molecule has 1 atom stereocenters. The van der Waals surface area contributed by atoms with E-state index in [0.717, 1.165) is 10.6 Å². The number of carbonyl (C=O) groups excluding carboxylic acids is 2. The number of para-hydroxylation sites is 1. The fourth-order valence-corrected chi connectivity index (χ4v) is 3.20. The average Bonchev–Trinajstić information content (AvgIpc) is 2.62. The molecule has 136 valence electrons. The quantitative estimate of drug-likeness (QED) is 0.712. The van der Waals surface area contributed by atoms with Crippen LogP contribution in [0.3, 0.4) is 0 Å². The molecule has 6 nitrogen and oxygen atoms in total. The van der Waals surface area contributed by atoms with Gasteiger partial charge in [0.15, 0.2) is 5.78 Å². The summed E-state index contributed by atoms with van der Waals surface area (Å²) in [6, 6.07) is 13.8. The van der Waals surface area contributed by atoms with Crippen LogP contribution >= 0.6 is 11.8 Å². The van der Waals surface area contributed by atoms with Crippen molar-refractivity contribution >= 4 is 35.1 Å². The zero-order valence-electron chi connectivity index (χ0n) is 14.3. The van der Waals surface area contributed by atoms with Gasteiger partial charge in [0, 0.05) is 10.5 Å². The summed E-state index contributed by atoms with van der Waals surface area (Å²) >= 11 is 1.58. The van der Waals surface area contributed by atoms with Crippen molar-refractivity contribution in [3.63, 3.8) is 0 Å². The number of carbonyl (C=O) groups is 3. The molecule has 3 rings (SSSR count). The van der Waals surface area contributed by atoms with Gasteiger partial charge in [0.1, 0.15) is 6.04 Å². The molecule has 1 heterocycles. The topological polar surface area (TPSA) is 109 Å². The third-order valence-corrected chi connectivity index (χ3v) is 4.75. The molecule has 1 amide bonds. The van der Waals surface area contributed by atoms with Gasteiger partial charge in [-0.2, -0.15) is 0 Å². The molecule has 1 aliphatic rings. The van der Waals surface area contributed by atoms with E-state index in [1.165, 1.54) is 6.92 Å². The lowest BCUT2D eigenvalue weighted by atomic mass is 9.98. The van der Waals surface area contributed by atoms with Crippen LogP contribution in [0.2, 0.25) is 0 Å². The Morgan fingerprint density at radius 2 is 1.85 bits per heavy atom. The van der Waals surface area contributed by atoms with Gasteiger partial charge in [0.05, 0.1) is 11.4 Å². The van der Waals surface area contributed by atoms with Crippen LogP contribution in [0.1, 0.15) is 22.8 Å². The van der Waals surface area contributed by atoms with Gasteiger partial charge in [0.25, 0.3) is 0 Å². The number of hydrogen-bond donors (Lipinski definition) is 3. The zero-order valence-corrected chi connectivity index (χ0v) is 15.1. The zero-order chi connectivity index (χ0) is 19.1. The molecule has 0 fully saturated rings. The lowest BCUT2D eigenvalue weighted by Crippen LogP contribution is -2.32. The second kappa shape index (κ2) is 9.17. The predicted molar refractivity (Wildman–Crippen MR) is 102 cm³/mol. The molecule has 0 bridgehead atoms. The number of nitrogens with one attached hydrogen (secondary N) is 1. The van der Waals surface area contributed by atoms with Crippen molar-refractivity contribution < 1.29 is 19.5 Å². The summed E-state index contributed by atoms with van der Waals surface area (Å²) in [4.78, 5) is 33.9. The number of benzene rings is 2. The number of ketones is 1. The summed E-state index contributed by atoms with van der Waals surface area (Å²) in [5.74, 6) is -0.512. The highest BCUT2D eigenvalue weighted by Crippen LogP contribution is 2.30. The summed E-state index contributed by atoms with van der Waals surface area (Å²) in [7, 11) is 0. The van der Waals surface area contributed by atoms with Crippen LogP contribution in [-0.4, -0.2) is 34.6 Å². The predicted octanol–water partition coefficient (Wildman–Crippen LogP) is 2.57. The second-order valence-corrected chi connectivity index (χ2v) is 6.71. The number of hydrogen-bond acceptors (Lipinski definition) is 5. The smallest absolute Gasteiger partial charge is 0.320 e. The Morgan fingerprint density at radius 1 is 1.19 bits per heavy atom. The van der Waals surface area contributed by atoms with Crippen LogP contribution in [0.15, 0.2) is 53.4 Å². The van der Waals surface area contributed by atoms with E-state index in [1.54, 1.807) is 36.0 Å². The molecule has 4 N–H and O–H groups in total. The first-order valence-corrected chi connectivity index (χ1v) is 8.96. The van der Waals surface area contributed by atoms with Crippen molar-refractivity contribution in [2.75, 3.05) is 11.1 Å². The van der Waals surface area contributed by atoms with Crippen molar-refractivity contribution in [1.29, 1.82) is 0 Å². The molecule has 7 heteroatoms. The van der Waals surface area contributed by atoms with Gasteiger partial charge < -0.3 is 16.2 Å². The average molecular weight is 372 g/mol. The van der Waals surface area contributed by atoms with Gasteiger partial charge in [-0.25, -0.2) is 0 Å². The van der Waals surface area contributed by atoms with Crippen molar-refractivity contribution in [3.8, 4) is 0 Å². The number of rotatable bonds is 4. The first kappa shape index (κ1) is 19.7. The van der Waals surface area contributed by atoms with Gasteiger partial charge in [-0.05, 0) is 31.0 Å². The van der Waals surface area contributed by atoms with Gasteiger partial charge in [0.2, 0.25) is 5.91 Å². The minimum atomic E-state index is -1.06. The van der Waals surface area contributed by atoms with E-state index < -0.39 is 12.0 Å². The minimum Gasteiger partial charge on any atom is -0.480 e. The summed E-state index contributed by atoms with van der Waals surface area (Å²) in [6.45, 7) is 1.45. The Hall–Kier alpha value is -2.64. The third kappa shape index (κ3) is 5.44. The fourth-order valence-electron chi connectivity index (χ4n) is 2.39. The van der Waals surface area contributed by atoms with Gasteiger partial charge in [-0.3, -0.25) is 14.4 Å². The van der Waals surface area contributed by atoms with E-state index in [2.05, 4.69) is 5.32 Å². The number of carboxylic acids is 1. The summed E-state index contributed by atoms with van der Waals surface area (Å²) in [6.07, 6.45) is 0.172. The highest BCUT2D eigenvalue weighted by molar-refractivity contribution is 8.00. The first-order valence-electron chi connectivity index (χ1n) is 7.97. The summed E-state index contributed by atoms with van der Waals surface area (Å²) < 4.78 is 0. The van der Waals surface area contributed by atoms with Crippen LogP contribution in [0, 0.1) is 0 Å². The molecular weight excluding hydrogens is 352 g/mol. The number of amides is 1. The normalized spacial score (nSPS) is 13.5. The van der Waals surface area contributed by atoms with E-state index in [9.17, 15) is 14.4 Å². The van der Waals surface area contributed by atoms with Crippen molar-refractivity contribution in [1.82, 2.24) is 0 Å². The summed E-state index contributed by atoms with van der Waals surface area (Å²) in [5.41, 5.74) is 7.56. The SMILES string of the molecule is CC(=O)c1ccccc1C[C@H](N)C(=O)O.O=C1CSc2ccccc2N1. The van der Waals surface area contributed by atoms with Crippen molar-refractivity contribution in [3.05, 3.63) is 59.7 Å². The molecule has 1 aliphatic heterocycles. The third-order valence-electron chi connectivity index (χ3n) is 3.67. The number of thioether (sulfide) groups is 1. The summed E-state index contributed by atoms with van der Waals surface area (Å²) in [5, 5.41) is 11.5. The maximum Gasteiger partial charge on any atom is 0.320 e. The first-order chi connectivity index (χ1) is 12.4. The molecule has 26 heavy (non-hydrogen) atoms. The number of aliphatic carboxylic acids is 1. The van der Waals surface area contributed by atoms with Crippen LogP contribution in [0.4, 0.5) is 5.69 Å². The lowest BCUT2D eigenvalue weighted by Gasteiger charge is -2.14. The maximum absolute atomic E-state index is 11.2. The largest absolute Gasteiger partial charge is 0.480 e. The fraction of sp³-hybridized carbons (Fsp3) is 0.211. The van der Waals surface area contributed by atoms with Crippen LogP contribution in [0.5, 0.6) is 0 Å². The molecule has 2 aromatic rings. The number of anilines is 1. The lowest BCUT2D eigenvalue weighted by molar-refractivity contribution is -0.138. The Bertz CT molecular complexity index is 823. The van der Waals surface area contributed by atoms with Gasteiger partial charge in [-0.1, -0.05) is 36.4 Å². The second-order valence-electron chi connectivity index (χ2n) is 5.70. The molecule has 0 saturated heterocycles. The number of fused-ring (bicyclic) bond motifs is 1. The van der Waals surface area contributed by atoms with Gasteiger partial charge in [-0.15, -0.1) is 11.8 Å². The molecule has 2 aromatic carbocycles. The van der Waals surface area contributed by atoms with Crippen LogP contribution < -0.4 is 11.1 Å². The Morgan fingerprint density at radius 3 is 2.54 bits per heavy atom. The molecule has 0 unspecified atom stereocenters. The molecule has 0 saturated carbocycles. The van der Waals surface area contributed by atoms with E-state index in [0.29, 0.717) is 16.9 Å². The molecule has 0 aromatic heterocycles. The van der Waals surface area contributed by atoms with E-state index in [-0.39, 0.29) is 18.1 Å². The van der Waals surface area contributed by atoms with E-state index in [1.807, 2.05) is 24.3 Å². The number of nitrogens with two attached hydrogens (primary N) is 1. The van der Waals surface area contributed by atoms with E-state index in [4.69, 9.17) is 10.8 Å². The molecule has 0 spiro atoms. The van der Waals surface area contributed by atoms with E-state index >= 15 is 0 Å². The number of carboxylic acid groups (broad SMARTS) is 1. The highest BCUT2D eigenvalue weighted by atomic mass is 32.2. The maximum atomic E-state index is 11.2. The molecule has 0 radical (unpaired) electrons. The Balaban J connectivity index is 0.000000195. The standard InChI is InChI=1S/C11H13NO3.C8H7NOS/c1-7(13)9-5-3-2-4-8(9)6-10(12)11(14)15;10-8-5-11-7-4-2-1-3-6(7)9-8/h2-5,10H,6,12H2,1H3,(H,14,15);1-4H,5H2,(H,9,10)/t10-;/m0./s1. The Kier molecular flexibility index (Phi) is 6.94. The molecular formula is C19H20N2O4S. The Labute approximate surface area is 155 Å². The monoisotopic (exact) mass is 372 g/mol. The van der Waals surface area contributed by atoms with Gasteiger partial charge >= 0.3 is 5.97 Å². The minimum absolute atomic E-state index is 0.0804. The van der Waals surface area contributed by atoms with Crippen LogP contribution in [0.25, 0.3) is 0 Å². The van der Waals surface area contributed by atoms with Crippen molar-refractivity contribution in [2.24, 2.45) is 5.73 Å². The highest BCUT2D eigenvalue weighted by Gasteiger charge is 2.15. The molecule has 0 aliphatic carbocycles.